The second kappa shape index (κ2) is 9.83. The standard InChI is InChI=1S/C29H29F3N6O2S2/c30-29(31,32)20-9-34-27(35-21-4-3-17(7-19(21)16-1-2-16)37-14-28(15-37)12-33-13-28)36-24(20)22-8-23-25(42-22)26(39)38(5-6-41-23)18-10-40-11-18/h3-4,7-9,16,18,33H,1-2,5-6,10-15H2,(H,34,35,36). The highest BCUT2D eigenvalue weighted by Crippen LogP contribution is 2.48. The van der Waals surface area contributed by atoms with E-state index in [0.29, 0.717) is 51.5 Å². The fourth-order valence-electron chi connectivity index (χ4n) is 6.18. The number of nitrogens with zero attached hydrogens (tertiary/aromatic N) is 4. The largest absolute Gasteiger partial charge is 0.420 e. The Balaban J connectivity index is 1.11. The number of ether oxygens (including phenoxy) is 1. The fourth-order valence-corrected chi connectivity index (χ4v) is 8.50. The second-order valence-electron chi connectivity index (χ2n) is 11.9. The number of benzene rings is 1. The van der Waals surface area contributed by atoms with Crippen LogP contribution in [-0.2, 0) is 10.9 Å². The molecule has 1 aliphatic carbocycles. The van der Waals surface area contributed by atoms with Gasteiger partial charge in [-0.25, -0.2) is 9.97 Å². The number of carbonyl (C=O) groups is 1. The van der Waals surface area contributed by atoms with Crippen LogP contribution in [0.4, 0.5) is 30.5 Å². The molecule has 3 aromatic rings. The summed E-state index contributed by atoms with van der Waals surface area (Å²) in [5.41, 5.74) is 2.43. The van der Waals surface area contributed by atoms with Gasteiger partial charge in [0.1, 0.15) is 10.4 Å². The first-order chi connectivity index (χ1) is 20.3. The zero-order chi connectivity index (χ0) is 28.6. The number of alkyl halides is 3. The van der Waals surface area contributed by atoms with Crippen molar-refractivity contribution in [2.24, 2.45) is 5.41 Å². The van der Waals surface area contributed by atoms with Crippen LogP contribution in [-0.4, -0.2) is 78.5 Å². The minimum Gasteiger partial charge on any atom is -0.377 e. The van der Waals surface area contributed by atoms with E-state index in [-0.39, 0.29) is 23.6 Å². The molecule has 0 unspecified atom stereocenters. The lowest BCUT2D eigenvalue weighted by Crippen LogP contribution is -2.71. The Labute approximate surface area is 249 Å². The van der Waals surface area contributed by atoms with Crippen molar-refractivity contribution in [3.63, 3.8) is 0 Å². The molecule has 4 fully saturated rings. The predicted octanol–water partition coefficient (Wildman–Crippen LogP) is 5.20. The Hall–Kier alpha value is -2.87. The smallest absolute Gasteiger partial charge is 0.377 e. The van der Waals surface area contributed by atoms with Gasteiger partial charge in [0.05, 0.1) is 29.8 Å². The van der Waals surface area contributed by atoms with Crippen molar-refractivity contribution in [1.82, 2.24) is 20.2 Å². The molecule has 2 aromatic heterocycles. The van der Waals surface area contributed by atoms with Crippen molar-refractivity contribution in [3.8, 4) is 10.6 Å². The highest BCUT2D eigenvalue weighted by atomic mass is 32.2. The lowest BCUT2D eigenvalue weighted by Gasteiger charge is -2.57. The molecule has 8 rings (SSSR count). The lowest BCUT2D eigenvalue weighted by atomic mass is 9.74. The van der Waals surface area contributed by atoms with Crippen molar-refractivity contribution in [2.75, 3.05) is 61.9 Å². The molecule has 2 N–H and O–H groups in total. The van der Waals surface area contributed by atoms with E-state index in [2.05, 4.69) is 37.6 Å². The third kappa shape index (κ3) is 4.65. The van der Waals surface area contributed by atoms with Gasteiger partial charge in [-0.3, -0.25) is 4.79 Å². The number of hydrogen-bond donors (Lipinski definition) is 2. The van der Waals surface area contributed by atoms with Crippen molar-refractivity contribution in [1.29, 1.82) is 0 Å². The summed E-state index contributed by atoms with van der Waals surface area (Å²) in [5, 5.41) is 6.60. The molecule has 42 heavy (non-hydrogen) atoms. The van der Waals surface area contributed by atoms with Crippen molar-refractivity contribution < 1.29 is 22.7 Å². The van der Waals surface area contributed by atoms with Gasteiger partial charge in [0.2, 0.25) is 5.95 Å². The highest BCUT2D eigenvalue weighted by Gasteiger charge is 2.47. The summed E-state index contributed by atoms with van der Waals surface area (Å²) in [4.78, 5) is 27.5. The van der Waals surface area contributed by atoms with Crippen LogP contribution >= 0.6 is 23.1 Å². The molecule has 3 saturated heterocycles. The topological polar surface area (TPSA) is 82.6 Å². The quantitative estimate of drug-likeness (QED) is 0.392. The van der Waals surface area contributed by atoms with E-state index in [1.165, 1.54) is 17.4 Å². The Kier molecular flexibility index (Phi) is 6.26. The van der Waals surface area contributed by atoms with Crippen molar-refractivity contribution in [3.05, 3.63) is 46.5 Å². The van der Waals surface area contributed by atoms with Gasteiger partial charge in [0.15, 0.2) is 0 Å². The molecule has 1 spiro atoms. The molecule has 6 heterocycles. The van der Waals surface area contributed by atoms with Crippen LogP contribution < -0.4 is 15.5 Å². The Morgan fingerprint density at radius 3 is 2.62 bits per heavy atom. The Bertz CT molecular complexity index is 1560. The minimum absolute atomic E-state index is 0.0136. The molecule has 1 saturated carbocycles. The maximum absolute atomic E-state index is 14.2. The van der Waals surface area contributed by atoms with Crippen LogP contribution in [0.1, 0.15) is 39.6 Å². The molecule has 220 valence electrons. The first-order valence-electron chi connectivity index (χ1n) is 14.2. The number of fused-ring (bicyclic) bond motifs is 1. The number of thiophene rings is 1. The first kappa shape index (κ1) is 26.7. The minimum atomic E-state index is -4.65. The Morgan fingerprint density at radius 1 is 1.14 bits per heavy atom. The normalized spacial score (nSPS) is 21.8. The van der Waals surface area contributed by atoms with Crippen molar-refractivity contribution in [2.45, 2.75) is 35.9 Å². The molecule has 5 aliphatic rings. The molecular formula is C29H29F3N6O2S2. The third-order valence-electron chi connectivity index (χ3n) is 8.85. The number of halogens is 3. The Morgan fingerprint density at radius 2 is 1.95 bits per heavy atom. The third-order valence-corrected chi connectivity index (χ3v) is 11.1. The lowest BCUT2D eigenvalue weighted by molar-refractivity contribution is -0.137. The molecule has 4 aliphatic heterocycles. The van der Waals surface area contributed by atoms with E-state index >= 15 is 0 Å². The van der Waals surface area contributed by atoms with Gasteiger partial charge in [0.25, 0.3) is 5.91 Å². The maximum atomic E-state index is 14.2. The van der Waals surface area contributed by atoms with Crippen LogP contribution in [0.25, 0.3) is 10.6 Å². The van der Waals surface area contributed by atoms with E-state index in [9.17, 15) is 18.0 Å². The monoisotopic (exact) mass is 614 g/mol. The number of nitrogens with one attached hydrogen (secondary N) is 2. The maximum Gasteiger partial charge on any atom is 0.420 e. The van der Waals surface area contributed by atoms with E-state index < -0.39 is 11.7 Å². The van der Waals surface area contributed by atoms with E-state index in [0.717, 1.165) is 67.8 Å². The summed E-state index contributed by atoms with van der Waals surface area (Å²) in [5.74, 6) is 1.04. The zero-order valence-corrected chi connectivity index (χ0v) is 24.3. The van der Waals surface area contributed by atoms with E-state index in [1.54, 1.807) is 11.0 Å². The van der Waals surface area contributed by atoms with Crippen LogP contribution in [0.15, 0.2) is 35.4 Å². The SMILES string of the molecule is O=C1c2sc(-c3nc(Nc4ccc(N5CC6(CNC6)C5)cc4C4CC4)ncc3C(F)(F)F)cc2SCCN1C1COC1. The van der Waals surface area contributed by atoms with Gasteiger partial charge < -0.3 is 25.2 Å². The van der Waals surface area contributed by atoms with Crippen molar-refractivity contribution >= 4 is 46.3 Å². The van der Waals surface area contributed by atoms with Gasteiger partial charge in [-0.2, -0.15) is 13.2 Å². The number of anilines is 3. The molecule has 8 nitrogen and oxygen atoms in total. The summed E-state index contributed by atoms with van der Waals surface area (Å²) in [7, 11) is 0. The van der Waals surface area contributed by atoms with Crippen LogP contribution in [0.2, 0.25) is 0 Å². The molecular weight excluding hydrogens is 585 g/mol. The zero-order valence-electron chi connectivity index (χ0n) is 22.7. The summed E-state index contributed by atoms with van der Waals surface area (Å²) >= 11 is 2.56. The second-order valence-corrected chi connectivity index (χ2v) is 14.1. The molecule has 1 aromatic carbocycles. The molecule has 1 amide bonds. The van der Waals surface area contributed by atoms with Gasteiger partial charge in [0, 0.05) is 66.4 Å². The van der Waals surface area contributed by atoms with Crippen LogP contribution in [0.3, 0.4) is 0 Å². The summed E-state index contributed by atoms with van der Waals surface area (Å²) in [6.45, 7) is 5.79. The number of rotatable bonds is 6. The van der Waals surface area contributed by atoms with Gasteiger partial charge in [-0.15, -0.1) is 23.1 Å². The number of aromatic nitrogens is 2. The number of thioether (sulfide) groups is 1. The van der Waals surface area contributed by atoms with E-state index in [4.69, 9.17) is 4.74 Å². The van der Waals surface area contributed by atoms with Gasteiger partial charge >= 0.3 is 6.18 Å². The number of hydrogen-bond acceptors (Lipinski definition) is 9. The number of amides is 1. The average molecular weight is 615 g/mol. The van der Waals surface area contributed by atoms with Crippen LogP contribution in [0.5, 0.6) is 0 Å². The summed E-state index contributed by atoms with van der Waals surface area (Å²) in [6.07, 6.45) is -1.63. The first-order valence-corrected chi connectivity index (χ1v) is 16.0. The fraction of sp³-hybridized carbons (Fsp3) is 0.483. The molecule has 0 atom stereocenters. The predicted molar refractivity (Wildman–Crippen MR) is 156 cm³/mol. The molecule has 0 bridgehead atoms. The average Bonchev–Trinajstić information content (AvgIpc) is 3.66. The number of carbonyl (C=O) groups excluding carboxylic acids is 1. The van der Waals surface area contributed by atoms with Gasteiger partial charge in [-0.1, -0.05) is 0 Å². The molecule has 0 radical (unpaired) electrons. The summed E-state index contributed by atoms with van der Waals surface area (Å²) in [6, 6.07) is 7.96. The summed E-state index contributed by atoms with van der Waals surface area (Å²) < 4.78 is 47.8. The molecule has 13 heteroatoms. The highest BCUT2D eigenvalue weighted by molar-refractivity contribution is 7.99. The van der Waals surface area contributed by atoms with Gasteiger partial charge in [-0.05, 0) is 48.6 Å². The van der Waals surface area contributed by atoms with Crippen LogP contribution in [0, 0.1) is 5.41 Å². The van der Waals surface area contributed by atoms with E-state index in [1.807, 2.05) is 6.07 Å².